The molecule has 3 atom stereocenters. The number of benzene rings is 1. The van der Waals surface area contributed by atoms with Gasteiger partial charge in [0.2, 0.25) is 17.7 Å². The fourth-order valence-electron chi connectivity index (χ4n) is 3.57. The monoisotopic (exact) mass is 462 g/mol. The van der Waals surface area contributed by atoms with E-state index in [4.69, 9.17) is 4.74 Å². The smallest absolute Gasteiger partial charge is 0.407 e. The average molecular weight is 463 g/mol. The van der Waals surface area contributed by atoms with Crippen LogP contribution >= 0.6 is 0 Å². The molecule has 0 aromatic heterocycles. The molecule has 0 spiro atoms. The second kappa shape index (κ2) is 13.4. The van der Waals surface area contributed by atoms with Gasteiger partial charge in [-0.2, -0.15) is 0 Å². The maximum atomic E-state index is 12.8. The number of hydrogen-bond donors (Lipinski definition) is 5. The predicted molar refractivity (Wildman–Crippen MR) is 121 cm³/mol. The van der Waals surface area contributed by atoms with Gasteiger partial charge in [-0.15, -0.1) is 0 Å². The van der Waals surface area contributed by atoms with Crippen LogP contribution < -0.4 is 21.3 Å². The van der Waals surface area contributed by atoms with Crippen molar-refractivity contribution in [2.75, 3.05) is 19.7 Å². The molecule has 33 heavy (non-hydrogen) atoms. The fraction of sp³-hybridized carbons (Fsp3) is 0.565. The first-order valence-electron chi connectivity index (χ1n) is 11.2. The lowest BCUT2D eigenvalue weighted by molar-refractivity contribution is -0.130. The maximum absolute atomic E-state index is 12.8. The van der Waals surface area contributed by atoms with Crippen molar-refractivity contribution in [3.63, 3.8) is 0 Å². The van der Waals surface area contributed by atoms with Crippen LogP contribution in [0.1, 0.15) is 38.7 Å². The Morgan fingerprint density at radius 1 is 1.18 bits per heavy atom. The number of alkyl carbamates (subject to hydrolysis) is 1. The van der Waals surface area contributed by atoms with Gasteiger partial charge >= 0.3 is 6.09 Å². The van der Waals surface area contributed by atoms with E-state index in [1.165, 1.54) is 0 Å². The summed E-state index contributed by atoms with van der Waals surface area (Å²) < 4.78 is 5.06. The summed E-state index contributed by atoms with van der Waals surface area (Å²) in [7, 11) is 0. The molecule has 1 aliphatic rings. The van der Waals surface area contributed by atoms with Crippen molar-refractivity contribution in [2.45, 2.75) is 51.8 Å². The number of amides is 4. The summed E-state index contributed by atoms with van der Waals surface area (Å²) in [6.07, 6.45) is 0.612. The Balaban J connectivity index is 1.81. The third-order valence-electron chi connectivity index (χ3n) is 5.26. The number of ether oxygens (including phenoxy) is 1. The van der Waals surface area contributed by atoms with Gasteiger partial charge in [-0.1, -0.05) is 44.2 Å². The zero-order chi connectivity index (χ0) is 24.2. The standard InChI is InChI=1S/C23H34N4O6/c1-15(2)10-19(22(31)26-18(13-28)11-17-8-9-24-21(17)30)27-20(29)12-25-23(32)33-14-16-6-4-3-5-7-16/h3-7,15,17-19,28H,8-14H2,1-2H3,(H,24,30)(H,25,32)(H,26,31)(H,27,29)/t17?,18-,19-/m0/s1. The summed E-state index contributed by atoms with van der Waals surface area (Å²) in [6.45, 7) is 3.83. The minimum Gasteiger partial charge on any atom is -0.445 e. The lowest BCUT2D eigenvalue weighted by Gasteiger charge is -2.24. The van der Waals surface area contributed by atoms with Gasteiger partial charge in [0.15, 0.2) is 0 Å². The summed E-state index contributed by atoms with van der Waals surface area (Å²) in [5.74, 6) is -1.21. The first kappa shape index (κ1) is 26.1. The predicted octanol–water partition coefficient (Wildman–Crippen LogP) is 0.447. The minimum absolute atomic E-state index is 0.0776. The summed E-state index contributed by atoms with van der Waals surface area (Å²) in [5, 5.41) is 20.1. The molecule has 1 aliphatic heterocycles. The van der Waals surface area contributed by atoms with Gasteiger partial charge in [-0.3, -0.25) is 14.4 Å². The van der Waals surface area contributed by atoms with E-state index < -0.39 is 30.0 Å². The lowest BCUT2D eigenvalue weighted by Crippen LogP contribution is -2.53. The van der Waals surface area contributed by atoms with E-state index >= 15 is 0 Å². The molecule has 0 radical (unpaired) electrons. The Morgan fingerprint density at radius 2 is 1.91 bits per heavy atom. The normalized spacial score (nSPS) is 17.1. The number of carbonyl (C=O) groups is 4. The van der Waals surface area contributed by atoms with E-state index in [0.29, 0.717) is 25.8 Å². The van der Waals surface area contributed by atoms with Crippen LogP contribution in [0.15, 0.2) is 30.3 Å². The topological polar surface area (TPSA) is 146 Å². The number of rotatable bonds is 12. The highest BCUT2D eigenvalue weighted by molar-refractivity contribution is 5.89. The van der Waals surface area contributed by atoms with E-state index in [1.54, 1.807) is 0 Å². The van der Waals surface area contributed by atoms with Gasteiger partial charge < -0.3 is 31.1 Å². The number of aliphatic hydroxyl groups is 1. The zero-order valence-corrected chi connectivity index (χ0v) is 19.1. The van der Waals surface area contributed by atoms with Crippen LogP contribution in [0.4, 0.5) is 4.79 Å². The molecule has 1 aromatic rings. The molecular weight excluding hydrogens is 428 g/mol. The summed E-state index contributed by atoms with van der Waals surface area (Å²) in [6, 6.07) is 7.70. The Kier molecular flexibility index (Phi) is 10.6. The fourth-order valence-corrected chi connectivity index (χ4v) is 3.57. The molecule has 1 aromatic carbocycles. The van der Waals surface area contributed by atoms with Crippen molar-refractivity contribution in [1.29, 1.82) is 0 Å². The van der Waals surface area contributed by atoms with Crippen molar-refractivity contribution in [2.24, 2.45) is 11.8 Å². The molecule has 0 bridgehead atoms. The Morgan fingerprint density at radius 3 is 2.52 bits per heavy atom. The molecule has 10 nitrogen and oxygen atoms in total. The summed E-state index contributed by atoms with van der Waals surface area (Å²) >= 11 is 0. The number of hydrogen-bond acceptors (Lipinski definition) is 6. The van der Waals surface area contributed by atoms with Crippen LogP contribution in [0.25, 0.3) is 0 Å². The molecule has 182 valence electrons. The second-order valence-corrected chi connectivity index (χ2v) is 8.57. The minimum atomic E-state index is -0.842. The molecule has 1 heterocycles. The number of aliphatic hydroxyl groups excluding tert-OH is 1. The summed E-state index contributed by atoms with van der Waals surface area (Å²) in [5.41, 5.74) is 0.819. The number of carbonyl (C=O) groups excluding carboxylic acids is 4. The first-order valence-corrected chi connectivity index (χ1v) is 11.2. The van der Waals surface area contributed by atoms with Gasteiger partial charge in [-0.05, 0) is 30.7 Å². The molecule has 0 saturated carbocycles. The van der Waals surface area contributed by atoms with E-state index in [9.17, 15) is 24.3 Å². The van der Waals surface area contributed by atoms with E-state index in [1.807, 2.05) is 44.2 Å². The van der Waals surface area contributed by atoms with Crippen LogP contribution in [0.2, 0.25) is 0 Å². The highest BCUT2D eigenvalue weighted by atomic mass is 16.5. The van der Waals surface area contributed by atoms with Crippen LogP contribution in [0.5, 0.6) is 0 Å². The van der Waals surface area contributed by atoms with Gasteiger partial charge in [0.25, 0.3) is 0 Å². The zero-order valence-electron chi connectivity index (χ0n) is 19.1. The van der Waals surface area contributed by atoms with Crippen molar-refractivity contribution < 1.29 is 29.0 Å². The molecule has 1 unspecified atom stereocenters. The van der Waals surface area contributed by atoms with Crippen molar-refractivity contribution in [1.82, 2.24) is 21.3 Å². The summed E-state index contributed by atoms with van der Waals surface area (Å²) in [4.78, 5) is 48.7. The Bertz CT molecular complexity index is 801. The SMILES string of the molecule is CC(C)C[C@H](NC(=O)CNC(=O)OCc1ccccc1)C(=O)N[C@H](CO)CC1CCNC1=O. The quantitative estimate of drug-likeness (QED) is 0.305. The molecule has 1 saturated heterocycles. The van der Waals surface area contributed by atoms with Crippen molar-refractivity contribution in [3.8, 4) is 0 Å². The molecule has 1 fully saturated rings. The highest BCUT2D eigenvalue weighted by Crippen LogP contribution is 2.16. The lowest BCUT2D eigenvalue weighted by atomic mass is 9.97. The molecule has 10 heteroatoms. The molecule has 4 amide bonds. The van der Waals surface area contributed by atoms with E-state index in [0.717, 1.165) is 5.56 Å². The van der Waals surface area contributed by atoms with Gasteiger partial charge in [0.1, 0.15) is 19.2 Å². The number of nitrogens with one attached hydrogen (secondary N) is 4. The molecule has 5 N–H and O–H groups in total. The van der Waals surface area contributed by atoms with Gasteiger partial charge in [0.05, 0.1) is 12.6 Å². The maximum Gasteiger partial charge on any atom is 0.407 e. The van der Waals surface area contributed by atoms with Crippen molar-refractivity contribution in [3.05, 3.63) is 35.9 Å². The van der Waals surface area contributed by atoms with Crippen molar-refractivity contribution >= 4 is 23.8 Å². The third-order valence-corrected chi connectivity index (χ3v) is 5.26. The van der Waals surface area contributed by atoms with Crippen LogP contribution in [-0.4, -0.2) is 60.7 Å². The van der Waals surface area contributed by atoms with Crippen LogP contribution in [-0.2, 0) is 25.7 Å². The Hall–Kier alpha value is -3.14. The molecule has 2 rings (SSSR count). The average Bonchev–Trinajstić information content (AvgIpc) is 3.19. The molecular formula is C23H34N4O6. The third kappa shape index (κ3) is 9.48. The van der Waals surface area contributed by atoms with E-state index in [-0.39, 0.29) is 37.5 Å². The Labute approximate surface area is 193 Å². The van der Waals surface area contributed by atoms with Gasteiger partial charge in [-0.25, -0.2) is 4.79 Å². The van der Waals surface area contributed by atoms with Gasteiger partial charge in [0, 0.05) is 12.5 Å². The highest BCUT2D eigenvalue weighted by Gasteiger charge is 2.29. The first-order chi connectivity index (χ1) is 15.8. The van der Waals surface area contributed by atoms with Crippen LogP contribution in [0, 0.1) is 11.8 Å². The molecule has 0 aliphatic carbocycles. The largest absolute Gasteiger partial charge is 0.445 e. The van der Waals surface area contributed by atoms with E-state index in [2.05, 4.69) is 21.3 Å². The van der Waals surface area contributed by atoms with Crippen LogP contribution in [0.3, 0.4) is 0 Å². The second-order valence-electron chi connectivity index (χ2n) is 8.57.